The molecule has 0 unspecified atom stereocenters. The number of hydrogen-bond acceptors (Lipinski definition) is 3. The van der Waals surface area contributed by atoms with E-state index < -0.39 is 0 Å². The van der Waals surface area contributed by atoms with Gasteiger partial charge in [-0.25, -0.2) is 0 Å². The van der Waals surface area contributed by atoms with Crippen molar-refractivity contribution in [1.82, 2.24) is 4.90 Å². The monoisotopic (exact) mass is 299 g/mol. The van der Waals surface area contributed by atoms with Crippen molar-refractivity contribution in [1.29, 1.82) is 0 Å². The molecule has 2 aromatic carbocycles. The van der Waals surface area contributed by atoms with Crippen molar-refractivity contribution in [3.63, 3.8) is 0 Å². The lowest BCUT2D eigenvalue weighted by atomic mass is 10.3. The third kappa shape index (κ3) is 4.52. The average Bonchev–Trinajstić information content (AvgIpc) is 2.56. The van der Waals surface area contributed by atoms with E-state index in [1.807, 2.05) is 56.3 Å². The molecule has 0 N–H and O–H groups in total. The van der Waals surface area contributed by atoms with Gasteiger partial charge in [-0.2, -0.15) is 0 Å². The van der Waals surface area contributed by atoms with E-state index in [0.29, 0.717) is 18.8 Å². The number of para-hydroxylation sites is 1. The van der Waals surface area contributed by atoms with Crippen molar-refractivity contribution in [2.24, 2.45) is 0 Å². The summed E-state index contributed by atoms with van der Waals surface area (Å²) in [6.07, 6.45) is 0. The standard InChI is InChI=1S/C18H21NO3/c1-3-19(4-2)18(20)14-21-15-10-12-17(13-11-15)22-16-8-6-5-7-9-16/h5-13H,3-4,14H2,1-2H3. The van der Waals surface area contributed by atoms with Crippen LogP contribution in [0.4, 0.5) is 0 Å². The van der Waals surface area contributed by atoms with Crippen LogP contribution in [0.25, 0.3) is 0 Å². The van der Waals surface area contributed by atoms with Gasteiger partial charge in [0.15, 0.2) is 6.61 Å². The average molecular weight is 299 g/mol. The highest BCUT2D eigenvalue weighted by molar-refractivity contribution is 5.77. The van der Waals surface area contributed by atoms with Crippen molar-refractivity contribution in [2.45, 2.75) is 13.8 Å². The van der Waals surface area contributed by atoms with Crippen LogP contribution in [0.1, 0.15) is 13.8 Å². The van der Waals surface area contributed by atoms with Gasteiger partial charge in [0.25, 0.3) is 5.91 Å². The van der Waals surface area contributed by atoms with Crippen LogP contribution >= 0.6 is 0 Å². The number of amides is 1. The molecule has 0 aromatic heterocycles. The summed E-state index contributed by atoms with van der Waals surface area (Å²) in [6.45, 7) is 5.36. The molecule has 22 heavy (non-hydrogen) atoms. The van der Waals surface area contributed by atoms with E-state index in [1.54, 1.807) is 17.0 Å². The highest BCUT2D eigenvalue weighted by atomic mass is 16.5. The van der Waals surface area contributed by atoms with Gasteiger partial charge < -0.3 is 14.4 Å². The van der Waals surface area contributed by atoms with Gasteiger partial charge in [0, 0.05) is 13.1 Å². The van der Waals surface area contributed by atoms with Crippen molar-refractivity contribution >= 4 is 5.91 Å². The first-order chi connectivity index (χ1) is 10.7. The largest absolute Gasteiger partial charge is 0.484 e. The number of carbonyl (C=O) groups excluding carboxylic acids is 1. The molecule has 0 radical (unpaired) electrons. The number of carbonyl (C=O) groups is 1. The van der Waals surface area contributed by atoms with Crippen LogP contribution in [-0.4, -0.2) is 30.5 Å². The van der Waals surface area contributed by atoms with Gasteiger partial charge in [-0.15, -0.1) is 0 Å². The second kappa shape index (κ2) is 8.08. The molecule has 0 fully saturated rings. The van der Waals surface area contributed by atoms with Crippen LogP contribution in [0.5, 0.6) is 17.2 Å². The first kappa shape index (κ1) is 15.9. The van der Waals surface area contributed by atoms with Gasteiger partial charge in [0.05, 0.1) is 0 Å². The second-order valence-corrected chi connectivity index (χ2v) is 4.74. The predicted molar refractivity (Wildman–Crippen MR) is 86.4 cm³/mol. The lowest BCUT2D eigenvalue weighted by Gasteiger charge is -2.18. The maximum atomic E-state index is 11.9. The van der Waals surface area contributed by atoms with Crippen molar-refractivity contribution in [2.75, 3.05) is 19.7 Å². The Balaban J connectivity index is 1.88. The van der Waals surface area contributed by atoms with Crippen LogP contribution in [0, 0.1) is 0 Å². The zero-order valence-electron chi connectivity index (χ0n) is 13.0. The minimum Gasteiger partial charge on any atom is -0.484 e. The Morgan fingerprint density at radius 3 is 2.00 bits per heavy atom. The van der Waals surface area contributed by atoms with E-state index in [0.717, 1.165) is 11.5 Å². The normalized spacial score (nSPS) is 10.1. The van der Waals surface area contributed by atoms with Gasteiger partial charge in [0.2, 0.25) is 0 Å². The predicted octanol–water partition coefficient (Wildman–Crippen LogP) is 3.73. The molecule has 1 amide bonds. The molecule has 0 bridgehead atoms. The molecule has 2 aromatic rings. The second-order valence-electron chi connectivity index (χ2n) is 4.74. The number of hydrogen-bond donors (Lipinski definition) is 0. The molecule has 0 spiro atoms. The molecule has 116 valence electrons. The van der Waals surface area contributed by atoms with E-state index in [-0.39, 0.29) is 12.5 Å². The summed E-state index contributed by atoms with van der Waals surface area (Å²) in [5, 5.41) is 0. The Morgan fingerprint density at radius 1 is 0.864 bits per heavy atom. The molecule has 0 aliphatic heterocycles. The Labute approximate surface area is 131 Å². The van der Waals surface area contributed by atoms with Crippen molar-refractivity contribution in [3.05, 3.63) is 54.6 Å². The maximum absolute atomic E-state index is 11.9. The third-order valence-corrected chi connectivity index (χ3v) is 3.28. The molecule has 0 saturated carbocycles. The number of benzene rings is 2. The Hall–Kier alpha value is -2.49. The number of rotatable bonds is 7. The van der Waals surface area contributed by atoms with Gasteiger partial charge in [-0.05, 0) is 50.2 Å². The summed E-state index contributed by atoms with van der Waals surface area (Å²) in [4.78, 5) is 13.6. The molecule has 0 aliphatic carbocycles. The first-order valence-corrected chi connectivity index (χ1v) is 7.46. The fraction of sp³-hybridized carbons (Fsp3) is 0.278. The Morgan fingerprint density at radius 2 is 1.41 bits per heavy atom. The zero-order valence-corrected chi connectivity index (χ0v) is 13.0. The minimum absolute atomic E-state index is 0.00499. The Bertz CT molecular complexity index is 577. The van der Waals surface area contributed by atoms with E-state index in [4.69, 9.17) is 9.47 Å². The fourth-order valence-electron chi connectivity index (χ4n) is 2.04. The summed E-state index contributed by atoms with van der Waals surface area (Å²) in [7, 11) is 0. The molecule has 0 atom stereocenters. The van der Waals surface area contributed by atoms with Crippen molar-refractivity contribution < 1.29 is 14.3 Å². The molecular weight excluding hydrogens is 278 g/mol. The van der Waals surface area contributed by atoms with Crippen LogP contribution in [0.15, 0.2) is 54.6 Å². The number of nitrogens with zero attached hydrogens (tertiary/aromatic N) is 1. The maximum Gasteiger partial charge on any atom is 0.260 e. The summed E-state index contributed by atoms with van der Waals surface area (Å²) < 4.78 is 11.2. The highest BCUT2D eigenvalue weighted by Gasteiger charge is 2.10. The van der Waals surface area contributed by atoms with Gasteiger partial charge in [-0.1, -0.05) is 18.2 Å². The smallest absolute Gasteiger partial charge is 0.260 e. The van der Waals surface area contributed by atoms with E-state index >= 15 is 0 Å². The molecule has 4 heteroatoms. The van der Waals surface area contributed by atoms with E-state index in [2.05, 4.69) is 0 Å². The van der Waals surface area contributed by atoms with Crippen LogP contribution in [0.3, 0.4) is 0 Å². The molecule has 4 nitrogen and oxygen atoms in total. The SMILES string of the molecule is CCN(CC)C(=O)COc1ccc(Oc2ccccc2)cc1. The quantitative estimate of drug-likeness (QED) is 0.782. The van der Waals surface area contributed by atoms with E-state index in [9.17, 15) is 4.79 Å². The van der Waals surface area contributed by atoms with Crippen LogP contribution in [0.2, 0.25) is 0 Å². The zero-order chi connectivity index (χ0) is 15.8. The van der Waals surface area contributed by atoms with Crippen LogP contribution < -0.4 is 9.47 Å². The lowest BCUT2D eigenvalue weighted by Crippen LogP contribution is -2.34. The summed E-state index contributed by atoms with van der Waals surface area (Å²) in [5.41, 5.74) is 0. The van der Waals surface area contributed by atoms with E-state index in [1.165, 1.54) is 0 Å². The summed E-state index contributed by atoms with van der Waals surface area (Å²) in [5.74, 6) is 2.16. The number of likely N-dealkylation sites (N-methyl/N-ethyl adjacent to an activating group) is 1. The van der Waals surface area contributed by atoms with Gasteiger partial charge in [0.1, 0.15) is 17.2 Å². The fourth-order valence-corrected chi connectivity index (χ4v) is 2.04. The molecule has 0 heterocycles. The minimum atomic E-state index is -0.00499. The highest BCUT2D eigenvalue weighted by Crippen LogP contribution is 2.23. The molecule has 0 aliphatic rings. The van der Waals surface area contributed by atoms with Crippen molar-refractivity contribution in [3.8, 4) is 17.2 Å². The molecular formula is C18H21NO3. The molecule has 2 rings (SSSR count). The number of ether oxygens (including phenoxy) is 2. The molecule has 0 saturated heterocycles. The lowest BCUT2D eigenvalue weighted by molar-refractivity contribution is -0.132. The summed E-state index contributed by atoms with van der Waals surface area (Å²) in [6, 6.07) is 16.8. The van der Waals surface area contributed by atoms with Crippen LogP contribution in [-0.2, 0) is 4.79 Å². The van der Waals surface area contributed by atoms with Gasteiger partial charge in [-0.3, -0.25) is 4.79 Å². The summed E-state index contributed by atoms with van der Waals surface area (Å²) >= 11 is 0. The third-order valence-electron chi connectivity index (χ3n) is 3.28. The first-order valence-electron chi connectivity index (χ1n) is 7.46. The topological polar surface area (TPSA) is 38.8 Å². The van der Waals surface area contributed by atoms with Gasteiger partial charge >= 0.3 is 0 Å². The Kier molecular flexibility index (Phi) is 5.83.